The Balaban J connectivity index is 1.53. The van der Waals surface area contributed by atoms with Gasteiger partial charge in [-0.1, -0.05) is 18.2 Å². The van der Waals surface area contributed by atoms with E-state index < -0.39 is 14.5 Å². The SMILES string of the molecule is C[Se]CC1OC(N2C=Nc3c(ncn3C(=O)c3ccccc3)C2N)CC1O[Si](C)(C)C(C)(C)C. The summed E-state index contributed by atoms with van der Waals surface area (Å²) in [6, 6.07) is 9.10. The second-order valence-corrected chi connectivity index (χ2v) is 17.0. The fourth-order valence-corrected chi connectivity index (χ4v) is 6.69. The van der Waals surface area contributed by atoms with Gasteiger partial charge in [-0.3, -0.25) is 0 Å². The Morgan fingerprint density at radius 3 is 2.65 bits per heavy atom. The van der Waals surface area contributed by atoms with Crippen molar-refractivity contribution in [3.8, 4) is 0 Å². The van der Waals surface area contributed by atoms with Gasteiger partial charge in [0.15, 0.2) is 0 Å². The first-order valence-corrected chi connectivity index (χ1v) is 17.4. The Hall–Kier alpha value is -1.81. The third-order valence-corrected chi connectivity index (χ3v) is 12.9. The Morgan fingerprint density at radius 2 is 2.00 bits per heavy atom. The normalized spacial score (nSPS) is 25.0. The number of carbonyl (C=O) groups is 1. The summed E-state index contributed by atoms with van der Waals surface area (Å²) in [6.45, 7) is 11.3. The maximum atomic E-state index is 13.0. The van der Waals surface area contributed by atoms with Crippen molar-refractivity contribution in [2.75, 3.05) is 0 Å². The van der Waals surface area contributed by atoms with Gasteiger partial charge in [0.05, 0.1) is 0 Å². The molecule has 1 aromatic heterocycles. The zero-order valence-electron chi connectivity index (χ0n) is 20.8. The quantitative estimate of drug-likeness (QED) is 0.545. The molecule has 4 atom stereocenters. The summed E-state index contributed by atoms with van der Waals surface area (Å²) in [5.74, 6) is 2.51. The first-order chi connectivity index (χ1) is 16.0. The van der Waals surface area contributed by atoms with Crippen LogP contribution in [0.25, 0.3) is 0 Å². The third kappa shape index (κ3) is 4.80. The maximum absolute atomic E-state index is 13.0. The van der Waals surface area contributed by atoms with E-state index in [1.807, 2.05) is 23.1 Å². The van der Waals surface area contributed by atoms with Crippen LogP contribution >= 0.6 is 0 Å². The van der Waals surface area contributed by atoms with E-state index in [1.54, 1.807) is 18.5 Å². The summed E-state index contributed by atoms with van der Waals surface area (Å²) in [5.41, 5.74) is 7.77. The molecule has 2 N–H and O–H groups in total. The molecule has 0 radical (unpaired) electrons. The van der Waals surface area contributed by atoms with Crippen LogP contribution < -0.4 is 5.73 Å². The zero-order chi connectivity index (χ0) is 24.7. The number of benzene rings is 1. The van der Waals surface area contributed by atoms with Gasteiger partial charge in [0, 0.05) is 0 Å². The van der Waals surface area contributed by atoms with Crippen LogP contribution in [-0.4, -0.2) is 68.4 Å². The molecule has 0 saturated carbocycles. The zero-order valence-corrected chi connectivity index (χ0v) is 23.5. The fraction of sp³-hybridized carbons (Fsp3) is 0.542. The molecule has 2 aliphatic heterocycles. The van der Waals surface area contributed by atoms with Crippen molar-refractivity contribution >= 4 is 41.3 Å². The molecule has 0 spiro atoms. The van der Waals surface area contributed by atoms with E-state index in [-0.39, 0.29) is 29.4 Å². The molecule has 1 saturated heterocycles. The summed E-state index contributed by atoms with van der Waals surface area (Å²) in [5, 5.41) is 1.12. The van der Waals surface area contributed by atoms with Crippen LogP contribution in [0, 0.1) is 0 Å². The average Bonchev–Trinajstić information content (AvgIpc) is 3.38. The molecule has 34 heavy (non-hydrogen) atoms. The second kappa shape index (κ2) is 9.68. The third-order valence-electron chi connectivity index (χ3n) is 7.02. The minimum atomic E-state index is -1.95. The predicted molar refractivity (Wildman–Crippen MR) is 137 cm³/mol. The Labute approximate surface area is 209 Å². The van der Waals surface area contributed by atoms with E-state index in [1.165, 1.54) is 10.9 Å². The van der Waals surface area contributed by atoms with Gasteiger partial charge < -0.3 is 0 Å². The minimum absolute atomic E-state index is 0.0342. The molecule has 1 aromatic carbocycles. The number of aliphatic imine (C=N–C) groups is 1. The number of fused-ring (bicyclic) bond motifs is 1. The summed E-state index contributed by atoms with van der Waals surface area (Å²) < 4.78 is 14.7. The molecular formula is C24H35N5O3SeSi. The van der Waals surface area contributed by atoms with E-state index in [9.17, 15) is 4.79 Å². The van der Waals surface area contributed by atoms with Gasteiger partial charge in [0.1, 0.15) is 0 Å². The summed E-state index contributed by atoms with van der Waals surface area (Å²) in [4.78, 5) is 23.9. The molecule has 10 heteroatoms. The molecule has 2 aliphatic rings. The number of ether oxygens (including phenoxy) is 1. The van der Waals surface area contributed by atoms with Gasteiger partial charge in [-0.25, -0.2) is 0 Å². The Kier molecular flexibility index (Phi) is 7.20. The molecule has 3 heterocycles. The van der Waals surface area contributed by atoms with Crippen molar-refractivity contribution in [2.24, 2.45) is 10.7 Å². The van der Waals surface area contributed by atoms with Crippen LogP contribution in [0.2, 0.25) is 29.3 Å². The van der Waals surface area contributed by atoms with Gasteiger partial charge in [0.25, 0.3) is 0 Å². The van der Waals surface area contributed by atoms with Crippen molar-refractivity contribution < 1.29 is 14.0 Å². The summed E-state index contributed by atoms with van der Waals surface area (Å²) in [6.07, 6.45) is 3.20. The van der Waals surface area contributed by atoms with Gasteiger partial charge in [-0.2, -0.15) is 0 Å². The van der Waals surface area contributed by atoms with Crippen LogP contribution in [0.3, 0.4) is 0 Å². The summed E-state index contributed by atoms with van der Waals surface area (Å²) >= 11 is 0.469. The molecule has 2 aromatic rings. The standard InChI is InChI=1S/C24H35N5O3SeSi/c1-24(2,3)34(5,6)32-17-12-19(31-18(17)13-33-4)28-15-27-22-20(21(28)25)26-14-29(22)23(30)16-10-8-7-9-11-16/h7-11,14-15,17-19,21H,12-13,25H2,1-6H3. The molecule has 1 fully saturated rings. The van der Waals surface area contributed by atoms with Crippen molar-refractivity contribution in [3.63, 3.8) is 0 Å². The van der Waals surface area contributed by atoms with E-state index in [2.05, 4.69) is 49.7 Å². The van der Waals surface area contributed by atoms with Crippen molar-refractivity contribution in [1.29, 1.82) is 0 Å². The summed E-state index contributed by atoms with van der Waals surface area (Å²) in [7, 11) is -1.95. The van der Waals surface area contributed by atoms with Crippen molar-refractivity contribution in [2.45, 2.75) is 81.1 Å². The van der Waals surface area contributed by atoms with Gasteiger partial charge in [0.2, 0.25) is 0 Å². The van der Waals surface area contributed by atoms with E-state index in [0.29, 0.717) is 32.0 Å². The molecular weight excluding hydrogens is 513 g/mol. The monoisotopic (exact) mass is 549 g/mol. The second-order valence-electron chi connectivity index (χ2n) is 10.4. The Morgan fingerprint density at radius 1 is 1.29 bits per heavy atom. The number of aromatic nitrogens is 2. The Bertz CT molecular complexity index is 1050. The van der Waals surface area contributed by atoms with Gasteiger partial charge in [-0.15, -0.1) is 0 Å². The molecule has 0 aliphatic carbocycles. The van der Waals surface area contributed by atoms with E-state index in [0.717, 1.165) is 11.7 Å². The molecule has 0 amide bonds. The number of nitrogens with zero attached hydrogens (tertiary/aromatic N) is 4. The van der Waals surface area contributed by atoms with Crippen LogP contribution in [0.4, 0.5) is 5.82 Å². The number of rotatable bonds is 6. The van der Waals surface area contributed by atoms with Gasteiger partial charge >= 0.3 is 191 Å². The predicted octanol–water partition coefficient (Wildman–Crippen LogP) is 4.18. The molecule has 184 valence electrons. The van der Waals surface area contributed by atoms with Crippen molar-refractivity contribution in [1.82, 2.24) is 14.5 Å². The van der Waals surface area contributed by atoms with Crippen LogP contribution in [0.15, 0.2) is 41.7 Å². The van der Waals surface area contributed by atoms with Crippen LogP contribution in [-0.2, 0) is 9.16 Å². The molecule has 8 nitrogen and oxygen atoms in total. The van der Waals surface area contributed by atoms with Gasteiger partial charge in [-0.05, 0) is 0 Å². The first-order valence-electron chi connectivity index (χ1n) is 11.6. The molecule has 0 bridgehead atoms. The average molecular weight is 549 g/mol. The van der Waals surface area contributed by atoms with Crippen molar-refractivity contribution in [3.05, 3.63) is 47.9 Å². The topological polar surface area (TPSA) is 95.0 Å². The van der Waals surface area contributed by atoms with E-state index in [4.69, 9.17) is 14.9 Å². The number of imidazole rings is 1. The molecule has 4 unspecified atom stereocenters. The number of hydrogen-bond donors (Lipinski definition) is 1. The first kappa shape index (κ1) is 25.3. The number of carbonyl (C=O) groups excluding carboxylic acids is 1. The molecule has 4 rings (SSSR count). The number of nitrogens with two attached hydrogens (primary N) is 1. The van der Waals surface area contributed by atoms with E-state index >= 15 is 0 Å². The van der Waals surface area contributed by atoms with Crippen LogP contribution in [0.1, 0.15) is 49.4 Å². The number of hydrogen-bond acceptors (Lipinski definition) is 7. The van der Waals surface area contributed by atoms with Crippen LogP contribution in [0.5, 0.6) is 0 Å². The fourth-order valence-electron chi connectivity index (χ4n) is 4.03.